The fraction of sp³-hybridized carbons (Fsp3) is 1.00. The first kappa shape index (κ1) is 9.68. The van der Waals surface area contributed by atoms with Gasteiger partial charge in [-0.05, 0) is 25.7 Å². The molecule has 0 radical (unpaired) electrons. The van der Waals surface area contributed by atoms with Crippen molar-refractivity contribution in [2.24, 2.45) is 0 Å². The monoisotopic (exact) mass is 200 g/mol. The number of hydrogen-bond donors (Lipinski definition) is 0. The van der Waals surface area contributed by atoms with Crippen molar-refractivity contribution in [2.45, 2.75) is 56.5 Å². The second kappa shape index (κ2) is 3.71. The van der Waals surface area contributed by atoms with Crippen LogP contribution in [0.15, 0.2) is 0 Å². The molecule has 2 saturated heterocycles. The summed E-state index contributed by atoms with van der Waals surface area (Å²) in [4.78, 5) is 0. The van der Waals surface area contributed by atoms with Crippen LogP contribution in [-0.4, -0.2) is 34.3 Å². The number of rotatable bonds is 3. The fourth-order valence-corrected chi connectivity index (χ4v) is 3.43. The summed E-state index contributed by atoms with van der Waals surface area (Å²) in [5, 5.41) is 0.179. The van der Waals surface area contributed by atoms with E-state index in [4.69, 9.17) is 9.47 Å². The van der Waals surface area contributed by atoms with Gasteiger partial charge in [0, 0.05) is 16.8 Å². The van der Waals surface area contributed by atoms with Crippen LogP contribution in [0.1, 0.15) is 39.0 Å². The minimum absolute atomic E-state index is 0.179. The fourth-order valence-electron chi connectivity index (χ4n) is 2.36. The zero-order chi connectivity index (χ0) is 9.31. The maximum atomic E-state index is 5.90. The van der Waals surface area contributed by atoms with Crippen LogP contribution in [0.25, 0.3) is 0 Å². The van der Waals surface area contributed by atoms with Gasteiger partial charge in [-0.3, -0.25) is 0 Å². The van der Waals surface area contributed by atoms with E-state index in [2.05, 4.69) is 6.92 Å². The van der Waals surface area contributed by atoms with E-state index < -0.39 is 0 Å². The summed E-state index contributed by atoms with van der Waals surface area (Å²) in [6.45, 7) is 3.18. The van der Waals surface area contributed by atoms with E-state index in [1.54, 1.807) is 0 Å². The average Bonchev–Trinajstić information content (AvgIpc) is 2.87. The highest BCUT2D eigenvalue weighted by Crippen LogP contribution is 2.40. The summed E-state index contributed by atoms with van der Waals surface area (Å²) in [6.07, 6.45) is 7.26. The second-order valence-electron chi connectivity index (χ2n) is 4.50. The molecule has 0 aromatic rings. The molecule has 2 aliphatic rings. The van der Waals surface area contributed by atoms with Crippen LogP contribution in [0.4, 0.5) is 0 Å². The van der Waals surface area contributed by atoms with Crippen LogP contribution in [0.2, 0.25) is 0 Å². The zero-order valence-electron chi connectivity index (χ0n) is 8.71. The molecule has 2 nitrogen and oxygen atoms in total. The Kier molecular flexibility index (Phi) is 2.77. The van der Waals surface area contributed by atoms with Crippen LogP contribution in [-0.2, 0) is 9.47 Å². The van der Waals surface area contributed by atoms with Crippen LogP contribution in [0.3, 0.4) is 0 Å². The number of epoxide rings is 1. The van der Waals surface area contributed by atoms with E-state index in [1.807, 2.05) is 0 Å². The normalized spacial score (nSPS) is 45.0. The number of hydrogen-bond acceptors (Lipinski definition) is 2. The Hall–Kier alpha value is 0.137. The molecule has 0 bridgehead atoms. The van der Waals surface area contributed by atoms with Crippen molar-refractivity contribution >= 4 is 10.2 Å². The summed E-state index contributed by atoms with van der Waals surface area (Å²) < 4.78 is 11.6. The summed E-state index contributed by atoms with van der Waals surface area (Å²) in [7, 11) is 1.13. The molecular formula is C10H20O2Si. The first-order valence-corrected chi connectivity index (χ1v) is 6.56. The molecule has 0 aromatic heterocycles. The van der Waals surface area contributed by atoms with Crippen molar-refractivity contribution in [3.05, 3.63) is 0 Å². The van der Waals surface area contributed by atoms with Gasteiger partial charge in [-0.15, -0.1) is 0 Å². The third-order valence-electron chi connectivity index (χ3n) is 3.26. The van der Waals surface area contributed by atoms with Gasteiger partial charge < -0.3 is 9.47 Å². The second-order valence-corrected chi connectivity index (χ2v) is 6.19. The van der Waals surface area contributed by atoms with Gasteiger partial charge >= 0.3 is 0 Å². The molecule has 3 unspecified atom stereocenters. The van der Waals surface area contributed by atoms with Gasteiger partial charge in [-0.2, -0.15) is 0 Å². The topological polar surface area (TPSA) is 21.8 Å². The van der Waals surface area contributed by atoms with Crippen LogP contribution in [0, 0.1) is 0 Å². The van der Waals surface area contributed by atoms with Crippen molar-refractivity contribution in [3.63, 3.8) is 0 Å². The quantitative estimate of drug-likeness (QED) is 0.497. The summed E-state index contributed by atoms with van der Waals surface area (Å²) >= 11 is 0. The summed E-state index contributed by atoms with van der Waals surface area (Å²) in [6, 6.07) is 0. The van der Waals surface area contributed by atoms with Gasteiger partial charge in [0.1, 0.15) is 6.10 Å². The first-order valence-electron chi connectivity index (χ1n) is 5.56. The van der Waals surface area contributed by atoms with Crippen molar-refractivity contribution in [1.82, 2.24) is 0 Å². The van der Waals surface area contributed by atoms with Crippen LogP contribution >= 0.6 is 0 Å². The standard InChI is InChI=1S/C10H20O2Si/c1-2-5-8-9(12-8)10(13)6-3-4-7-11-10/h8-9H,2-7H2,1,13H3. The molecule has 3 atom stereocenters. The molecule has 2 rings (SSSR count). The van der Waals surface area contributed by atoms with E-state index in [1.165, 1.54) is 32.1 Å². The van der Waals surface area contributed by atoms with Gasteiger partial charge in [0.25, 0.3) is 0 Å². The van der Waals surface area contributed by atoms with E-state index in [9.17, 15) is 0 Å². The lowest BCUT2D eigenvalue weighted by Crippen LogP contribution is -2.43. The van der Waals surface area contributed by atoms with Crippen LogP contribution in [0.5, 0.6) is 0 Å². The molecule has 3 heteroatoms. The minimum atomic E-state index is 0.179. The van der Waals surface area contributed by atoms with Gasteiger partial charge in [0.2, 0.25) is 0 Å². The predicted molar refractivity (Wildman–Crippen MR) is 56.0 cm³/mol. The Morgan fingerprint density at radius 3 is 2.92 bits per heavy atom. The van der Waals surface area contributed by atoms with Crippen molar-refractivity contribution in [2.75, 3.05) is 6.61 Å². The molecule has 0 amide bonds. The van der Waals surface area contributed by atoms with E-state index in [0.717, 1.165) is 16.8 Å². The average molecular weight is 200 g/mol. The SMILES string of the molecule is CCCC1OC1C1([SiH3])CCCCO1. The lowest BCUT2D eigenvalue weighted by molar-refractivity contribution is -0.0341. The molecule has 0 aromatic carbocycles. The maximum absolute atomic E-state index is 5.90. The van der Waals surface area contributed by atoms with Gasteiger partial charge in [0.05, 0.1) is 11.3 Å². The minimum Gasteiger partial charge on any atom is -0.377 e. The lowest BCUT2D eigenvalue weighted by atomic mass is 10.0. The third-order valence-corrected chi connectivity index (χ3v) is 4.61. The Balaban J connectivity index is 1.86. The Morgan fingerprint density at radius 1 is 1.46 bits per heavy atom. The molecule has 0 N–H and O–H groups in total. The molecule has 2 heterocycles. The van der Waals surface area contributed by atoms with Gasteiger partial charge in [-0.25, -0.2) is 0 Å². The molecule has 2 fully saturated rings. The molecule has 0 spiro atoms. The summed E-state index contributed by atoms with van der Waals surface area (Å²) in [5.41, 5.74) is 0. The third kappa shape index (κ3) is 1.97. The number of ether oxygens (including phenoxy) is 2. The van der Waals surface area contributed by atoms with Gasteiger partial charge in [0.15, 0.2) is 0 Å². The van der Waals surface area contributed by atoms with E-state index in [-0.39, 0.29) is 5.22 Å². The Bertz CT molecular complexity index is 178. The zero-order valence-corrected chi connectivity index (χ0v) is 10.7. The van der Waals surface area contributed by atoms with Crippen molar-refractivity contribution < 1.29 is 9.47 Å². The van der Waals surface area contributed by atoms with Gasteiger partial charge in [-0.1, -0.05) is 13.3 Å². The van der Waals surface area contributed by atoms with E-state index in [0.29, 0.717) is 12.2 Å². The van der Waals surface area contributed by atoms with E-state index >= 15 is 0 Å². The molecule has 2 aliphatic heterocycles. The van der Waals surface area contributed by atoms with Crippen LogP contribution < -0.4 is 0 Å². The van der Waals surface area contributed by atoms with Crippen molar-refractivity contribution in [1.29, 1.82) is 0 Å². The molecule has 0 saturated carbocycles. The Labute approximate surface area is 83.4 Å². The Morgan fingerprint density at radius 2 is 2.31 bits per heavy atom. The largest absolute Gasteiger partial charge is 0.377 e. The smallest absolute Gasteiger partial charge is 0.109 e. The summed E-state index contributed by atoms with van der Waals surface area (Å²) in [5.74, 6) is 0. The first-order chi connectivity index (χ1) is 6.26. The predicted octanol–water partition coefficient (Wildman–Crippen LogP) is 0.816. The highest BCUT2D eigenvalue weighted by atomic mass is 28.1. The van der Waals surface area contributed by atoms with Crippen molar-refractivity contribution in [3.8, 4) is 0 Å². The molecular weight excluding hydrogens is 180 g/mol. The highest BCUT2D eigenvalue weighted by molar-refractivity contribution is 6.15. The lowest BCUT2D eigenvalue weighted by Gasteiger charge is -2.32. The highest BCUT2D eigenvalue weighted by Gasteiger charge is 2.52. The molecule has 13 heavy (non-hydrogen) atoms. The molecule has 76 valence electrons. The maximum Gasteiger partial charge on any atom is 0.109 e. The molecule has 0 aliphatic carbocycles.